The average molecular weight is 608 g/mol. The predicted molar refractivity (Wildman–Crippen MR) is 188 cm³/mol. The number of carbonyl (C=O) groups is 1. The zero-order valence-corrected chi connectivity index (χ0v) is 25.9. The molecule has 230 valence electrons. The van der Waals surface area contributed by atoms with Gasteiger partial charge in [0.15, 0.2) is 0 Å². The van der Waals surface area contributed by atoms with Crippen LogP contribution in [0.3, 0.4) is 0 Å². The fraction of sp³-hybridized carbons (Fsp3) is 0.179. The van der Waals surface area contributed by atoms with E-state index < -0.39 is 11.1 Å². The molecule has 5 aromatic rings. The molecule has 0 amide bonds. The van der Waals surface area contributed by atoms with Crippen LogP contribution in [0.2, 0.25) is 0 Å². The quantitative estimate of drug-likeness (QED) is 0.0840. The molecule has 0 aromatic heterocycles. The van der Waals surface area contributed by atoms with E-state index in [1.807, 2.05) is 0 Å². The molecule has 7 heteroatoms. The SMILES string of the molecule is O=C(CN1CCC[N+]2=C1CCC2)c1ccc([N+](=O)[O-])cc1.c1ccc([B-](c2ccccc2)(c2ccccc2)c2ccccc2)cc1. The third-order valence-corrected chi connectivity index (χ3v) is 9.35. The Balaban J connectivity index is 0.000000164. The highest BCUT2D eigenvalue weighted by atomic mass is 16.6. The third kappa shape index (κ3) is 6.40. The average Bonchev–Trinajstić information content (AvgIpc) is 3.61. The van der Waals surface area contributed by atoms with Gasteiger partial charge in [0.25, 0.3) is 5.69 Å². The molecule has 46 heavy (non-hydrogen) atoms. The molecule has 0 radical (unpaired) electrons. The van der Waals surface area contributed by atoms with Gasteiger partial charge in [0.05, 0.1) is 31.0 Å². The molecular weight excluding hydrogens is 569 g/mol. The van der Waals surface area contributed by atoms with Crippen molar-refractivity contribution in [2.75, 3.05) is 26.2 Å². The number of Topliss-reactive ketones (excluding diaryl/α,β-unsaturated/α-hetero) is 1. The third-order valence-electron chi connectivity index (χ3n) is 9.35. The van der Waals surface area contributed by atoms with Gasteiger partial charge in [-0.1, -0.05) is 121 Å². The number of nitro groups is 1. The van der Waals surface area contributed by atoms with Crippen LogP contribution in [-0.4, -0.2) is 58.3 Å². The Bertz CT molecular complexity index is 1630. The maximum Gasteiger partial charge on any atom is 0.269 e. The molecule has 2 heterocycles. The topological polar surface area (TPSA) is 66.5 Å². The number of non-ortho nitro benzene ring substituents is 1. The van der Waals surface area contributed by atoms with E-state index in [0.717, 1.165) is 38.9 Å². The van der Waals surface area contributed by atoms with Gasteiger partial charge in [0.2, 0.25) is 11.6 Å². The highest BCUT2D eigenvalue weighted by molar-refractivity contribution is 7.19. The molecule has 0 N–H and O–H groups in total. The van der Waals surface area contributed by atoms with E-state index in [9.17, 15) is 14.9 Å². The maximum atomic E-state index is 12.3. The first-order valence-corrected chi connectivity index (χ1v) is 16.1. The summed E-state index contributed by atoms with van der Waals surface area (Å²) < 4.78 is 2.37. The molecule has 0 aliphatic carbocycles. The highest BCUT2D eigenvalue weighted by Crippen LogP contribution is 2.17. The monoisotopic (exact) mass is 607 g/mol. The number of amidine groups is 1. The summed E-state index contributed by atoms with van der Waals surface area (Å²) in [6.07, 6.45) is 2.08. The van der Waals surface area contributed by atoms with Gasteiger partial charge < -0.3 is 0 Å². The van der Waals surface area contributed by atoms with Crippen LogP contribution in [0.1, 0.15) is 29.6 Å². The van der Waals surface area contributed by atoms with Crippen molar-refractivity contribution < 1.29 is 14.3 Å². The number of carbonyl (C=O) groups excluding carboxylic acids is 1. The van der Waals surface area contributed by atoms with E-state index in [1.165, 1.54) is 39.8 Å². The molecule has 0 fully saturated rings. The minimum absolute atomic E-state index is 0.0147. The van der Waals surface area contributed by atoms with Crippen LogP contribution in [0.4, 0.5) is 5.69 Å². The number of nitro benzene ring substituents is 1. The Hall–Kier alpha value is -5.30. The van der Waals surface area contributed by atoms with Crippen molar-refractivity contribution in [2.45, 2.75) is 19.3 Å². The summed E-state index contributed by atoms with van der Waals surface area (Å²) in [5, 5.41) is 10.6. The van der Waals surface area contributed by atoms with E-state index >= 15 is 0 Å². The van der Waals surface area contributed by atoms with Gasteiger partial charge in [-0.3, -0.25) is 24.4 Å². The van der Waals surface area contributed by atoms with Crippen molar-refractivity contribution in [3.63, 3.8) is 0 Å². The number of benzene rings is 5. The lowest BCUT2D eigenvalue weighted by molar-refractivity contribution is -0.529. The Kier molecular flexibility index (Phi) is 9.49. The molecule has 0 unspecified atom stereocenters. The van der Waals surface area contributed by atoms with Gasteiger partial charge in [-0.15, -0.1) is 0 Å². The lowest BCUT2D eigenvalue weighted by atomic mass is 9.13. The molecule has 0 saturated heterocycles. The van der Waals surface area contributed by atoms with Gasteiger partial charge in [-0.2, -0.15) is 21.9 Å². The summed E-state index contributed by atoms with van der Waals surface area (Å²) in [7, 11) is 0. The normalized spacial score (nSPS) is 14.2. The summed E-state index contributed by atoms with van der Waals surface area (Å²) in [4.78, 5) is 24.7. The van der Waals surface area contributed by atoms with E-state index in [4.69, 9.17) is 0 Å². The van der Waals surface area contributed by atoms with Gasteiger partial charge in [0.1, 0.15) is 12.7 Å². The molecule has 6 nitrogen and oxygen atoms in total. The summed E-state index contributed by atoms with van der Waals surface area (Å²) in [6.45, 7) is 3.48. The van der Waals surface area contributed by atoms with Crippen molar-refractivity contribution in [2.24, 2.45) is 0 Å². The minimum Gasteiger partial charge on any atom is -0.290 e. The number of rotatable bonds is 8. The second-order valence-corrected chi connectivity index (χ2v) is 12.0. The van der Waals surface area contributed by atoms with E-state index in [1.54, 1.807) is 12.1 Å². The first-order valence-electron chi connectivity index (χ1n) is 16.1. The van der Waals surface area contributed by atoms with E-state index in [0.29, 0.717) is 12.1 Å². The van der Waals surface area contributed by atoms with Crippen LogP contribution in [0.15, 0.2) is 146 Å². The summed E-state index contributed by atoms with van der Waals surface area (Å²) >= 11 is 0. The Morgan fingerprint density at radius 2 is 1.09 bits per heavy atom. The Morgan fingerprint density at radius 3 is 1.52 bits per heavy atom. The van der Waals surface area contributed by atoms with Crippen LogP contribution < -0.4 is 21.9 Å². The van der Waals surface area contributed by atoms with Crippen molar-refractivity contribution in [3.8, 4) is 0 Å². The number of hydrogen-bond donors (Lipinski definition) is 0. The number of hydrogen-bond acceptors (Lipinski definition) is 4. The van der Waals surface area contributed by atoms with Crippen molar-refractivity contribution in [3.05, 3.63) is 161 Å². The smallest absolute Gasteiger partial charge is 0.269 e. The Labute approximate surface area is 270 Å². The van der Waals surface area contributed by atoms with Crippen molar-refractivity contribution in [1.29, 1.82) is 0 Å². The first kappa shape index (κ1) is 30.7. The fourth-order valence-corrected chi connectivity index (χ4v) is 7.22. The molecular formula is C39H38BN3O3. The molecule has 0 saturated carbocycles. The summed E-state index contributed by atoms with van der Waals surface area (Å²) in [5.41, 5.74) is 5.91. The van der Waals surface area contributed by atoms with Crippen molar-refractivity contribution in [1.82, 2.24) is 4.90 Å². The predicted octanol–water partition coefficient (Wildman–Crippen LogP) is 4.75. The van der Waals surface area contributed by atoms with Crippen LogP contribution in [0, 0.1) is 10.1 Å². The van der Waals surface area contributed by atoms with Crippen LogP contribution in [0.5, 0.6) is 0 Å². The molecule has 2 aliphatic rings. The molecule has 0 atom stereocenters. The standard InChI is InChI=1S/C24H20B.C15H18N3O3/c1-5-13-21(14-6-1)25(22-15-7-2-8-16-22,23-17-9-3-10-18-23)24-19-11-4-12-20-24;19-14(12-4-6-13(7-5-12)18(20)21)11-17-10-2-9-16-8-1-3-15(16)17/h1-20H;4-7H,1-3,8-11H2/q-1;+1. The number of ketones is 1. The fourth-order valence-electron chi connectivity index (χ4n) is 7.22. The van der Waals surface area contributed by atoms with E-state index in [2.05, 4.69) is 131 Å². The second kappa shape index (κ2) is 14.2. The molecule has 2 aliphatic heterocycles. The van der Waals surface area contributed by atoms with Gasteiger partial charge in [-0.05, 0) is 18.6 Å². The second-order valence-electron chi connectivity index (χ2n) is 12.0. The van der Waals surface area contributed by atoms with Crippen LogP contribution >= 0.6 is 0 Å². The molecule has 0 bridgehead atoms. The highest BCUT2D eigenvalue weighted by Gasteiger charge is 2.33. The van der Waals surface area contributed by atoms with Crippen LogP contribution in [-0.2, 0) is 0 Å². The zero-order valence-electron chi connectivity index (χ0n) is 25.9. The number of nitrogens with zero attached hydrogens (tertiary/aromatic N) is 3. The lowest BCUT2D eigenvalue weighted by Crippen LogP contribution is -2.74. The van der Waals surface area contributed by atoms with Gasteiger partial charge >= 0.3 is 0 Å². The van der Waals surface area contributed by atoms with Gasteiger partial charge in [0, 0.05) is 24.1 Å². The molecule has 0 spiro atoms. The minimum atomic E-state index is -1.22. The maximum absolute atomic E-state index is 12.3. The first-order chi connectivity index (χ1) is 22.6. The largest absolute Gasteiger partial charge is 0.290 e. The zero-order chi connectivity index (χ0) is 31.8. The molecule has 7 rings (SSSR count). The molecule has 5 aromatic carbocycles. The van der Waals surface area contributed by atoms with Crippen molar-refractivity contribution >= 4 is 45.3 Å². The lowest BCUT2D eigenvalue weighted by Gasteiger charge is -2.44. The van der Waals surface area contributed by atoms with E-state index in [-0.39, 0.29) is 11.5 Å². The summed E-state index contributed by atoms with van der Waals surface area (Å²) in [6, 6.07) is 49.4. The summed E-state index contributed by atoms with van der Waals surface area (Å²) in [5.74, 6) is 1.31. The van der Waals surface area contributed by atoms with Gasteiger partial charge in [-0.25, -0.2) is 0 Å². The Morgan fingerprint density at radius 1 is 0.652 bits per heavy atom. The van der Waals surface area contributed by atoms with Crippen LogP contribution in [0.25, 0.3) is 0 Å².